The Morgan fingerprint density at radius 3 is 2.33 bits per heavy atom. The molecule has 0 spiro atoms. The zero-order valence-corrected chi connectivity index (χ0v) is 23.6. The molecule has 1 heterocycles. The van der Waals surface area contributed by atoms with Crippen molar-refractivity contribution >= 4 is 23.0 Å². The standard InChI is InChI=1S/C32H36N2O6/c1-32(2,3)40-31(36)33-27(30(35)39-21-22-11-7-6-8-12-22)17-24-20-34(28-14-10-9-13-26(24)28)19-23-15-16-25(37-4)18-29(23)38-5/h6-16,18,20,27H,17,19,21H2,1-5H3,(H,33,36)/t27-/m0/s1. The molecule has 1 amide bonds. The highest BCUT2D eigenvalue weighted by Crippen LogP contribution is 2.29. The smallest absolute Gasteiger partial charge is 0.408 e. The lowest BCUT2D eigenvalue weighted by molar-refractivity contribution is -0.147. The van der Waals surface area contributed by atoms with Gasteiger partial charge in [-0.25, -0.2) is 9.59 Å². The lowest BCUT2D eigenvalue weighted by Gasteiger charge is -2.23. The number of amides is 1. The predicted octanol–water partition coefficient (Wildman–Crippen LogP) is 5.89. The number of aromatic nitrogens is 1. The Balaban J connectivity index is 1.62. The molecule has 40 heavy (non-hydrogen) atoms. The number of carbonyl (C=O) groups excluding carboxylic acids is 2. The van der Waals surface area contributed by atoms with E-state index in [1.54, 1.807) is 35.0 Å². The number of ether oxygens (including phenoxy) is 4. The van der Waals surface area contributed by atoms with E-state index in [0.29, 0.717) is 18.0 Å². The third kappa shape index (κ3) is 7.34. The Morgan fingerprint density at radius 2 is 1.62 bits per heavy atom. The molecule has 3 aromatic carbocycles. The number of rotatable bonds is 10. The van der Waals surface area contributed by atoms with Crippen molar-refractivity contribution in [2.24, 2.45) is 0 Å². The number of alkyl carbamates (subject to hydrolysis) is 1. The fourth-order valence-corrected chi connectivity index (χ4v) is 4.47. The summed E-state index contributed by atoms with van der Waals surface area (Å²) in [5, 5.41) is 3.71. The molecule has 0 aliphatic carbocycles. The quantitative estimate of drug-likeness (QED) is 0.251. The number of methoxy groups -OCH3 is 2. The van der Waals surface area contributed by atoms with Gasteiger partial charge in [-0.15, -0.1) is 0 Å². The lowest BCUT2D eigenvalue weighted by atomic mass is 10.1. The van der Waals surface area contributed by atoms with Crippen molar-refractivity contribution in [3.63, 3.8) is 0 Å². The van der Waals surface area contributed by atoms with E-state index in [-0.39, 0.29) is 13.0 Å². The van der Waals surface area contributed by atoms with Crippen LogP contribution in [0.5, 0.6) is 11.5 Å². The van der Waals surface area contributed by atoms with Gasteiger partial charge in [0.15, 0.2) is 0 Å². The number of carbonyl (C=O) groups is 2. The summed E-state index contributed by atoms with van der Waals surface area (Å²) >= 11 is 0. The molecule has 1 aromatic heterocycles. The predicted molar refractivity (Wildman–Crippen MR) is 154 cm³/mol. The molecule has 1 N–H and O–H groups in total. The van der Waals surface area contributed by atoms with Gasteiger partial charge in [0.25, 0.3) is 0 Å². The molecule has 0 bridgehead atoms. The molecule has 8 heteroatoms. The van der Waals surface area contributed by atoms with Crippen molar-refractivity contribution in [2.45, 2.75) is 52.0 Å². The van der Waals surface area contributed by atoms with Crippen LogP contribution >= 0.6 is 0 Å². The van der Waals surface area contributed by atoms with Crippen molar-refractivity contribution in [1.29, 1.82) is 0 Å². The fourth-order valence-electron chi connectivity index (χ4n) is 4.47. The topological polar surface area (TPSA) is 88.0 Å². The van der Waals surface area contributed by atoms with Crippen LogP contribution in [0, 0.1) is 0 Å². The van der Waals surface area contributed by atoms with Gasteiger partial charge >= 0.3 is 12.1 Å². The number of hydrogen-bond donors (Lipinski definition) is 1. The van der Waals surface area contributed by atoms with Crippen LogP contribution in [0.25, 0.3) is 10.9 Å². The Bertz CT molecular complexity index is 1460. The van der Waals surface area contributed by atoms with Gasteiger partial charge in [0, 0.05) is 35.2 Å². The minimum Gasteiger partial charge on any atom is -0.497 e. The summed E-state index contributed by atoms with van der Waals surface area (Å²) < 4.78 is 24.1. The number of para-hydroxylation sites is 1. The Kier molecular flexibility index (Phi) is 8.99. The molecule has 0 unspecified atom stereocenters. The third-order valence-corrected chi connectivity index (χ3v) is 6.33. The Labute approximate surface area is 234 Å². The second-order valence-electron chi connectivity index (χ2n) is 10.5. The van der Waals surface area contributed by atoms with E-state index >= 15 is 0 Å². The van der Waals surface area contributed by atoms with Crippen LogP contribution in [0.1, 0.15) is 37.5 Å². The van der Waals surface area contributed by atoms with Crippen LogP contribution < -0.4 is 14.8 Å². The van der Waals surface area contributed by atoms with Crippen LogP contribution in [-0.2, 0) is 33.8 Å². The van der Waals surface area contributed by atoms with Gasteiger partial charge in [-0.1, -0.05) is 48.5 Å². The van der Waals surface area contributed by atoms with Crippen molar-refractivity contribution in [3.8, 4) is 11.5 Å². The first-order valence-corrected chi connectivity index (χ1v) is 13.1. The number of nitrogens with one attached hydrogen (secondary N) is 1. The molecule has 8 nitrogen and oxygen atoms in total. The van der Waals surface area contributed by atoms with E-state index in [0.717, 1.165) is 27.6 Å². The van der Waals surface area contributed by atoms with Crippen LogP contribution in [-0.4, -0.2) is 42.5 Å². The molecule has 4 aromatic rings. The summed E-state index contributed by atoms with van der Waals surface area (Å²) in [6.45, 7) is 5.96. The lowest BCUT2D eigenvalue weighted by Crippen LogP contribution is -2.45. The zero-order valence-electron chi connectivity index (χ0n) is 23.6. The van der Waals surface area contributed by atoms with Gasteiger partial charge in [-0.3, -0.25) is 0 Å². The van der Waals surface area contributed by atoms with Crippen LogP contribution in [0.3, 0.4) is 0 Å². The minimum absolute atomic E-state index is 0.102. The van der Waals surface area contributed by atoms with Gasteiger partial charge < -0.3 is 28.8 Å². The van der Waals surface area contributed by atoms with Crippen LogP contribution in [0.15, 0.2) is 79.0 Å². The zero-order chi connectivity index (χ0) is 28.7. The summed E-state index contributed by atoms with van der Waals surface area (Å²) in [7, 11) is 3.25. The first-order valence-electron chi connectivity index (χ1n) is 13.1. The van der Waals surface area contributed by atoms with E-state index in [9.17, 15) is 9.59 Å². The number of nitrogens with zero attached hydrogens (tertiary/aromatic N) is 1. The van der Waals surface area contributed by atoms with Gasteiger partial charge in [-0.2, -0.15) is 0 Å². The summed E-state index contributed by atoms with van der Waals surface area (Å²) in [4.78, 5) is 26.0. The number of hydrogen-bond acceptors (Lipinski definition) is 6. The molecule has 1 atom stereocenters. The average Bonchev–Trinajstić information content (AvgIpc) is 3.28. The maximum absolute atomic E-state index is 13.3. The Hall–Kier alpha value is -4.46. The van der Waals surface area contributed by atoms with Gasteiger partial charge in [0.05, 0.1) is 20.8 Å². The highest BCUT2D eigenvalue weighted by Gasteiger charge is 2.27. The van der Waals surface area contributed by atoms with Crippen LogP contribution in [0.2, 0.25) is 0 Å². The first-order chi connectivity index (χ1) is 19.2. The van der Waals surface area contributed by atoms with E-state index in [1.165, 1.54) is 0 Å². The maximum Gasteiger partial charge on any atom is 0.408 e. The van der Waals surface area contributed by atoms with Crippen LogP contribution in [0.4, 0.5) is 4.79 Å². The van der Waals surface area contributed by atoms with Gasteiger partial charge in [0.2, 0.25) is 0 Å². The number of benzene rings is 3. The van der Waals surface area contributed by atoms with E-state index < -0.39 is 23.7 Å². The molecule has 0 aliphatic rings. The molecule has 0 fully saturated rings. The first kappa shape index (κ1) is 28.5. The molecular weight excluding hydrogens is 508 g/mol. The third-order valence-electron chi connectivity index (χ3n) is 6.33. The van der Waals surface area contributed by atoms with Crippen molar-refractivity contribution in [1.82, 2.24) is 9.88 Å². The van der Waals surface area contributed by atoms with E-state index in [2.05, 4.69) is 9.88 Å². The molecule has 4 rings (SSSR count). The minimum atomic E-state index is -0.951. The summed E-state index contributed by atoms with van der Waals surface area (Å²) in [6.07, 6.45) is 1.55. The molecule has 0 saturated carbocycles. The molecule has 210 valence electrons. The molecular formula is C32H36N2O6. The van der Waals surface area contributed by atoms with Gasteiger partial charge in [0.1, 0.15) is 29.7 Å². The molecule has 0 saturated heterocycles. The normalized spacial score (nSPS) is 12.0. The van der Waals surface area contributed by atoms with E-state index in [4.69, 9.17) is 18.9 Å². The maximum atomic E-state index is 13.3. The summed E-state index contributed by atoms with van der Waals surface area (Å²) in [5.74, 6) is 0.889. The average molecular weight is 545 g/mol. The van der Waals surface area contributed by atoms with Crippen molar-refractivity contribution in [2.75, 3.05) is 14.2 Å². The number of fused-ring (bicyclic) bond motifs is 1. The highest BCUT2D eigenvalue weighted by molar-refractivity contribution is 5.86. The van der Waals surface area contributed by atoms with Crippen molar-refractivity contribution < 1.29 is 28.5 Å². The summed E-state index contributed by atoms with van der Waals surface area (Å²) in [5.41, 5.74) is 3.00. The molecule has 0 aliphatic heterocycles. The SMILES string of the molecule is COc1ccc(Cn2cc(C[C@H](NC(=O)OC(C)(C)C)C(=O)OCc3ccccc3)c3ccccc32)c(OC)c1. The second kappa shape index (κ2) is 12.6. The highest BCUT2D eigenvalue weighted by atomic mass is 16.6. The monoisotopic (exact) mass is 544 g/mol. The van der Waals surface area contributed by atoms with Gasteiger partial charge in [-0.05, 0) is 50.1 Å². The summed E-state index contributed by atoms with van der Waals surface area (Å²) in [6, 6.07) is 22.1. The number of esters is 1. The second-order valence-corrected chi connectivity index (χ2v) is 10.5. The molecule has 0 radical (unpaired) electrons. The van der Waals surface area contributed by atoms with E-state index in [1.807, 2.05) is 79.0 Å². The largest absolute Gasteiger partial charge is 0.497 e. The fraction of sp³-hybridized carbons (Fsp3) is 0.312. The van der Waals surface area contributed by atoms with Crippen molar-refractivity contribution in [3.05, 3.63) is 95.7 Å². The Morgan fingerprint density at radius 1 is 0.900 bits per heavy atom.